The lowest BCUT2D eigenvalue weighted by Gasteiger charge is -2.30. The number of fused-ring (bicyclic) bond motifs is 2. The molecule has 2 aromatic heterocycles. The smallest absolute Gasteiger partial charge is 0.254 e. The van der Waals surface area contributed by atoms with Crippen LogP contribution < -0.4 is 10.5 Å². The average molecular weight is 458 g/mol. The summed E-state index contributed by atoms with van der Waals surface area (Å²) in [5, 5.41) is 1.22. The first-order valence-electron chi connectivity index (χ1n) is 12.2. The number of piperidine rings is 1. The second kappa shape index (κ2) is 8.17. The van der Waals surface area contributed by atoms with E-state index in [-0.39, 0.29) is 11.9 Å². The van der Waals surface area contributed by atoms with E-state index in [0.717, 1.165) is 54.4 Å². The van der Waals surface area contributed by atoms with Crippen molar-refractivity contribution in [2.75, 3.05) is 20.2 Å². The molecular formula is C27H31N5O2. The molecule has 176 valence electrons. The summed E-state index contributed by atoms with van der Waals surface area (Å²) < 4.78 is 10.3. The Balaban J connectivity index is 1.47. The predicted molar refractivity (Wildman–Crippen MR) is 134 cm³/mol. The maximum Gasteiger partial charge on any atom is 0.254 e. The molecule has 0 bridgehead atoms. The third-order valence-corrected chi connectivity index (χ3v) is 7.32. The first-order chi connectivity index (χ1) is 16.5. The van der Waals surface area contributed by atoms with Gasteiger partial charge in [-0.1, -0.05) is 18.2 Å². The number of para-hydroxylation sites is 1. The van der Waals surface area contributed by atoms with Gasteiger partial charge in [0.1, 0.15) is 11.3 Å². The van der Waals surface area contributed by atoms with Gasteiger partial charge in [0, 0.05) is 49.2 Å². The van der Waals surface area contributed by atoms with Crippen molar-refractivity contribution in [3.05, 3.63) is 48.0 Å². The number of aryl methyl sites for hydroxylation is 1. The van der Waals surface area contributed by atoms with Crippen LogP contribution in [-0.4, -0.2) is 51.2 Å². The fourth-order valence-corrected chi connectivity index (χ4v) is 5.35. The van der Waals surface area contributed by atoms with Crippen LogP contribution in [0.25, 0.3) is 33.5 Å². The number of likely N-dealkylation sites (tertiary alicyclic amines) is 1. The third-order valence-electron chi connectivity index (χ3n) is 7.32. The molecule has 1 saturated carbocycles. The molecular weight excluding hydrogens is 426 g/mol. The van der Waals surface area contributed by atoms with E-state index in [1.807, 2.05) is 24.1 Å². The minimum atomic E-state index is -0.00889. The molecule has 6 rings (SSSR count). The minimum Gasteiger partial charge on any atom is -0.494 e. The van der Waals surface area contributed by atoms with Gasteiger partial charge in [0.15, 0.2) is 5.82 Å². The van der Waals surface area contributed by atoms with Crippen LogP contribution in [0.3, 0.4) is 0 Å². The number of carbonyl (C=O) groups excluding carboxylic acids is 1. The second-order valence-corrected chi connectivity index (χ2v) is 9.84. The molecule has 0 spiro atoms. The summed E-state index contributed by atoms with van der Waals surface area (Å²) in [4.78, 5) is 20.2. The van der Waals surface area contributed by atoms with Crippen molar-refractivity contribution in [1.29, 1.82) is 0 Å². The molecule has 0 radical (unpaired) electrons. The number of nitrogens with two attached hydrogens (primary N) is 1. The van der Waals surface area contributed by atoms with Crippen molar-refractivity contribution in [2.45, 2.75) is 38.3 Å². The summed E-state index contributed by atoms with van der Waals surface area (Å²) in [6, 6.07) is 14.5. The second-order valence-electron chi connectivity index (χ2n) is 9.84. The van der Waals surface area contributed by atoms with Crippen LogP contribution in [0.1, 0.15) is 36.0 Å². The number of imidazole rings is 1. The lowest BCUT2D eigenvalue weighted by atomic mass is 10.0. The molecule has 2 N–H and O–H groups in total. The lowest BCUT2D eigenvalue weighted by Crippen LogP contribution is -2.45. The molecule has 2 fully saturated rings. The quantitative estimate of drug-likeness (QED) is 0.488. The van der Waals surface area contributed by atoms with Crippen LogP contribution in [0.15, 0.2) is 42.5 Å². The number of nitrogens with zero attached hydrogens (tertiary/aromatic N) is 4. The van der Waals surface area contributed by atoms with E-state index in [1.165, 1.54) is 23.7 Å². The number of hydrogen-bond acceptors (Lipinski definition) is 4. The van der Waals surface area contributed by atoms with E-state index in [0.29, 0.717) is 17.9 Å². The zero-order valence-corrected chi connectivity index (χ0v) is 19.8. The molecule has 3 heterocycles. The molecule has 4 aromatic rings. The molecule has 1 saturated heterocycles. The highest BCUT2D eigenvalue weighted by Crippen LogP contribution is 2.37. The highest BCUT2D eigenvalue weighted by Gasteiger charge is 2.27. The van der Waals surface area contributed by atoms with Crippen LogP contribution in [0, 0.1) is 5.92 Å². The SMILES string of the molecule is COc1cc(C(=O)N2CCC[C@@H](N)C2)cc2nc(-c3cc4ccccc4n3CC3CC3)n(C)c12. The lowest BCUT2D eigenvalue weighted by molar-refractivity contribution is 0.0708. The number of hydrogen-bond donors (Lipinski definition) is 1. The van der Waals surface area contributed by atoms with Gasteiger partial charge in [0.2, 0.25) is 0 Å². The Morgan fingerprint density at radius 1 is 1.18 bits per heavy atom. The Morgan fingerprint density at radius 2 is 2.00 bits per heavy atom. The highest BCUT2D eigenvalue weighted by atomic mass is 16.5. The average Bonchev–Trinajstić information content (AvgIpc) is 3.52. The van der Waals surface area contributed by atoms with E-state index >= 15 is 0 Å². The van der Waals surface area contributed by atoms with Crippen molar-refractivity contribution < 1.29 is 9.53 Å². The van der Waals surface area contributed by atoms with Crippen LogP contribution in [-0.2, 0) is 13.6 Å². The van der Waals surface area contributed by atoms with E-state index < -0.39 is 0 Å². The maximum atomic E-state index is 13.3. The number of ether oxygens (including phenoxy) is 1. The third kappa shape index (κ3) is 3.55. The number of rotatable bonds is 5. The van der Waals surface area contributed by atoms with E-state index in [9.17, 15) is 4.79 Å². The molecule has 1 aliphatic heterocycles. The Kier molecular flexibility index (Phi) is 5.10. The van der Waals surface area contributed by atoms with Crippen molar-refractivity contribution in [1.82, 2.24) is 19.0 Å². The molecule has 34 heavy (non-hydrogen) atoms. The normalized spacial score (nSPS) is 18.7. The molecule has 0 unspecified atom stereocenters. The molecule has 7 heteroatoms. The number of carbonyl (C=O) groups is 1. The van der Waals surface area contributed by atoms with Crippen LogP contribution in [0.4, 0.5) is 0 Å². The van der Waals surface area contributed by atoms with Gasteiger partial charge in [0.25, 0.3) is 5.91 Å². The Morgan fingerprint density at radius 3 is 2.76 bits per heavy atom. The Bertz CT molecular complexity index is 1400. The van der Waals surface area contributed by atoms with Gasteiger partial charge in [-0.25, -0.2) is 4.98 Å². The molecule has 2 aliphatic rings. The van der Waals surface area contributed by atoms with E-state index in [2.05, 4.69) is 39.5 Å². The van der Waals surface area contributed by atoms with Crippen LogP contribution in [0.5, 0.6) is 5.75 Å². The standard InChI is InChI=1S/C27H31N5O2/c1-30-25-21(12-19(14-24(25)34-2)27(33)31-11-5-7-20(28)16-31)29-26(30)23-13-18-6-3-4-8-22(18)32(23)15-17-9-10-17/h3-4,6,8,12-14,17,20H,5,7,9-11,15-16,28H2,1-2H3/t20-/m1/s1. The minimum absolute atomic E-state index is 0.00889. The summed E-state index contributed by atoms with van der Waals surface area (Å²) in [6.07, 6.45) is 4.47. The molecule has 1 aliphatic carbocycles. The van der Waals surface area contributed by atoms with Crippen molar-refractivity contribution >= 4 is 27.8 Å². The van der Waals surface area contributed by atoms with Gasteiger partial charge in [-0.2, -0.15) is 0 Å². The molecule has 7 nitrogen and oxygen atoms in total. The topological polar surface area (TPSA) is 78.3 Å². The highest BCUT2D eigenvalue weighted by molar-refractivity contribution is 6.00. The molecule has 1 atom stereocenters. The largest absolute Gasteiger partial charge is 0.494 e. The summed E-state index contributed by atoms with van der Waals surface area (Å²) in [5.41, 5.74) is 10.7. The van der Waals surface area contributed by atoms with E-state index in [4.69, 9.17) is 15.5 Å². The van der Waals surface area contributed by atoms with Gasteiger partial charge in [0.05, 0.1) is 18.3 Å². The van der Waals surface area contributed by atoms with Crippen LogP contribution >= 0.6 is 0 Å². The fourth-order valence-electron chi connectivity index (χ4n) is 5.35. The zero-order valence-electron chi connectivity index (χ0n) is 19.8. The molecule has 1 amide bonds. The van der Waals surface area contributed by atoms with Crippen molar-refractivity contribution in [3.8, 4) is 17.3 Å². The van der Waals surface area contributed by atoms with Gasteiger partial charge in [-0.15, -0.1) is 0 Å². The summed E-state index contributed by atoms with van der Waals surface area (Å²) >= 11 is 0. The van der Waals surface area contributed by atoms with Gasteiger partial charge in [-0.05, 0) is 55.9 Å². The summed E-state index contributed by atoms with van der Waals surface area (Å²) in [7, 11) is 3.67. The Hall–Kier alpha value is -3.32. The number of methoxy groups -OCH3 is 1. The van der Waals surface area contributed by atoms with Gasteiger partial charge in [-0.3, -0.25) is 4.79 Å². The van der Waals surface area contributed by atoms with Gasteiger partial charge >= 0.3 is 0 Å². The van der Waals surface area contributed by atoms with Crippen molar-refractivity contribution in [2.24, 2.45) is 18.7 Å². The van der Waals surface area contributed by atoms with Gasteiger partial charge < -0.3 is 24.5 Å². The monoisotopic (exact) mass is 457 g/mol. The fraction of sp³-hybridized carbons (Fsp3) is 0.407. The maximum absolute atomic E-state index is 13.3. The first kappa shape index (κ1) is 21.2. The first-order valence-corrected chi connectivity index (χ1v) is 12.2. The Labute approximate surface area is 199 Å². The van der Waals surface area contributed by atoms with E-state index in [1.54, 1.807) is 7.11 Å². The summed E-state index contributed by atoms with van der Waals surface area (Å²) in [6.45, 7) is 2.33. The van der Waals surface area contributed by atoms with Crippen LogP contribution in [0.2, 0.25) is 0 Å². The predicted octanol–water partition coefficient (Wildman–Crippen LogP) is 4.18. The molecule has 2 aromatic carbocycles. The number of amides is 1. The number of aromatic nitrogens is 3. The van der Waals surface area contributed by atoms with Crippen molar-refractivity contribution in [3.63, 3.8) is 0 Å². The summed E-state index contributed by atoms with van der Waals surface area (Å²) in [5.74, 6) is 2.27. The zero-order chi connectivity index (χ0) is 23.4. The number of benzene rings is 2.